The standard InChI is InChI=1S/C11H19F4N3O2/c12-8-9(19)17-7-3-5-16-4-1-2-6-18-10(20)11(13,14)15/h16H,1-8H2,(H,17,19)(H,18,20). The van der Waals surface area contributed by atoms with Crippen molar-refractivity contribution in [3.63, 3.8) is 0 Å². The smallest absolute Gasteiger partial charge is 0.354 e. The number of amides is 2. The summed E-state index contributed by atoms with van der Waals surface area (Å²) in [7, 11) is 0. The molecule has 0 saturated carbocycles. The minimum Gasteiger partial charge on any atom is -0.354 e. The van der Waals surface area contributed by atoms with Gasteiger partial charge in [-0.15, -0.1) is 0 Å². The van der Waals surface area contributed by atoms with Crippen molar-refractivity contribution in [2.45, 2.75) is 25.4 Å². The SMILES string of the molecule is O=C(CF)NCCCNCCCCNC(=O)C(F)(F)F. The van der Waals surface area contributed by atoms with Gasteiger partial charge < -0.3 is 16.0 Å². The average molecular weight is 301 g/mol. The Balaban J connectivity index is 3.25. The highest BCUT2D eigenvalue weighted by Gasteiger charge is 2.38. The van der Waals surface area contributed by atoms with Gasteiger partial charge in [0, 0.05) is 13.1 Å². The van der Waals surface area contributed by atoms with Crippen molar-refractivity contribution in [1.82, 2.24) is 16.0 Å². The summed E-state index contributed by atoms with van der Waals surface area (Å²) in [5, 5.41) is 7.16. The van der Waals surface area contributed by atoms with Crippen molar-refractivity contribution in [3.8, 4) is 0 Å². The summed E-state index contributed by atoms with van der Waals surface area (Å²) >= 11 is 0. The predicted octanol–water partition coefficient (Wildman–Crippen LogP) is 0.510. The van der Waals surface area contributed by atoms with Crippen LogP contribution in [0.2, 0.25) is 0 Å². The second kappa shape index (κ2) is 10.4. The molecule has 0 aromatic heterocycles. The Morgan fingerprint density at radius 3 is 2.00 bits per heavy atom. The summed E-state index contributed by atoms with van der Waals surface area (Å²) in [4.78, 5) is 21.0. The van der Waals surface area contributed by atoms with Gasteiger partial charge in [0.05, 0.1) is 0 Å². The molecule has 0 bridgehead atoms. The Morgan fingerprint density at radius 2 is 1.40 bits per heavy atom. The third kappa shape index (κ3) is 10.5. The van der Waals surface area contributed by atoms with Crippen LogP contribution in [0.5, 0.6) is 0 Å². The van der Waals surface area contributed by atoms with E-state index in [4.69, 9.17) is 0 Å². The first-order valence-electron chi connectivity index (χ1n) is 6.26. The van der Waals surface area contributed by atoms with Crippen LogP contribution in [0.15, 0.2) is 0 Å². The van der Waals surface area contributed by atoms with Crippen molar-refractivity contribution in [2.24, 2.45) is 0 Å². The number of carbonyl (C=O) groups excluding carboxylic acids is 2. The van der Waals surface area contributed by atoms with E-state index in [0.717, 1.165) is 0 Å². The van der Waals surface area contributed by atoms with Crippen LogP contribution < -0.4 is 16.0 Å². The highest BCUT2D eigenvalue weighted by molar-refractivity contribution is 5.81. The second-order valence-electron chi connectivity index (χ2n) is 4.05. The number of alkyl halides is 4. The first-order chi connectivity index (χ1) is 9.38. The monoisotopic (exact) mass is 301 g/mol. The lowest BCUT2D eigenvalue weighted by Gasteiger charge is -2.08. The molecule has 0 aromatic rings. The molecule has 0 unspecified atom stereocenters. The fraction of sp³-hybridized carbons (Fsp3) is 0.818. The van der Waals surface area contributed by atoms with E-state index in [2.05, 4.69) is 10.6 Å². The molecule has 0 fully saturated rings. The Labute approximate surface area is 114 Å². The molecule has 0 spiro atoms. The molecule has 0 radical (unpaired) electrons. The van der Waals surface area contributed by atoms with E-state index in [1.54, 1.807) is 5.32 Å². The number of carbonyl (C=O) groups is 2. The molecule has 9 heteroatoms. The van der Waals surface area contributed by atoms with Crippen LogP contribution in [0.4, 0.5) is 17.6 Å². The molecule has 0 aliphatic carbocycles. The van der Waals surface area contributed by atoms with Crippen molar-refractivity contribution in [2.75, 3.05) is 32.9 Å². The first-order valence-corrected chi connectivity index (χ1v) is 6.26. The van der Waals surface area contributed by atoms with Gasteiger partial charge in [-0.05, 0) is 32.4 Å². The molecule has 20 heavy (non-hydrogen) atoms. The van der Waals surface area contributed by atoms with Gasteiger partial charge in [-0.2, -0.15) is 13.2 Å². The number of hydrogen-bond acceptors (Lipinski definition) is 3. The van der Waals surface area contributed by atoms with E-state index in [9.17, 15) is 27.2 Å². The number of hydrogen-bond donors (Lipinski definition) is 3. The zero-order valence-corrected chi connectivity index (χ0v) is 11.0. The third-order valence-electron chi connectivity index (χ3n) is 2.30. The topological polar surface area (TPSA) is 70.2 Å². The maximum atomic E-state index is 11.8. The van der Waals surface area contributed by atoms with Gasteiger partial charge in [0.2, 0.25) is 0 Å². The van der Waals surface area contributed by atoms with E-state index >= 15 is 0 Å². The maximum Gasteiger partial charge on any atom is 0.471 e. The molecule has 0 rings (SSSR count). The highest BCUT2D eigenvalue weighted by Crippen LogP contribution is 2.13. The van der Waals surface area contributed by atoms with E-state index < -0.39 is 24.7 Å². The Morgan fingerprint density at radius 1 is 0.850 bits per heavy atom. The predicted molar refractivity (Wildman–Crippen MR) is 64.8 cm³/mol. The van der Waals surface area contributed by atoms with Crippen LogP contribution in [0, 0.1) is 0 Å². The minimum atomic E-state index is -4.83. The van der Waals surface area contributed by atoms with Gasteiger partial charge in [0.1, 0.15) is 0 Å². The largest absolute Gasteiger partial charge is 0.471 e. The van der Waals surface area contributed by atoms with E-state index in [0.29, 0.717) is 38.9 Å². The number of nitrogens with one attached hydrogen (secondary N) is 3. The van der Waals surface area contributed by atoms with Crippen LogP contribution in [0.3, 0.4) is 0 Å². The Hall–Kier alpha value is -1.38. The van der Waals surface area contributed by atoms with Crippen molar-refractivity contribution >= 4 is 11.8 Å². The average Bonchev–Trinajstić information content (AvgIpc) is 2.39. The van der Waals surface area contributed by atoms with Gasteiger partial charge in [-0.1, -0.05) is 0 Å². The van der Waals surface area contributed by atoms with Crippen LogP contribution >= 0.6 is 0 Å². The van der Waals surface area contributed by atoms with Gasteiger partial charge >= 0.3 is 12.1 Å². The molecule has 118 valence electrons. The minimum absolute atomic E-state index is 0.0212. The Bertz CT molecular complexity index is 298. The summed E-state index contributed by atoms with van der Waals surface area (Å²) in [5.41, 5.74) is 0. The molecular formula is C11H19F4N3O2. The molecule has 5 nitrogen and oxygen atoms in total. The van der Waals surface area contributed by atoms with Crippen LogP contribution in [-0.2, 0) is 9.59 Å². The fourth-order valence-corrected chi connectivity index (χ4v) is 1.29. The second-order valence-corrected chi connectivity index (χ2v) is 4.05. The molecule has 0 aromatic carbocycles. The molecule has 2 amide bonds. The van der Waals surface area contributed by atoms with Crippen molar-refractivity contribution in [3.05, 3.63) is 0 Å². The molecule has 0 aliphatic rings. The van der Waals surface area contributed by atoms with E-state index in [1.807, 2.05) is 0 Å². The number of unbranched alkanes of at least 4 members (excludes halogenated alkanes) is 1. The normalized spacial score (nSPS) is 11.2. The van der Waals surface area contributed by atoms with Crippen molar-refractivity contribution < 1.29 is 27.2 Å². The van der Waals surface area contributed by atoms with Crippen LogP contribution in [0.1, 0.15) is 19.3 Å². The van der Waals surface area contributed by atoms with Crippen LogP contribution in [-0.4, -0.2) is 50.8 Å². The lowest BCUT2D eigenvalue weighted by atomic mass is 10.3. The van der Waals surface area contributed by atoms with Gasteiger partial charge in [0.25, 0.3) is 5.91 Å². The molecule has 0 heterocycles. The molecular weight excluding hydrogens is 282 g/mol. The zero-order valence-electron chi connectivity index (χ0n) is 11.0. The zero-order chi connectivity index (χ0) is 15.4. The fourth-order valence-electron chi connectivity index (χ4n) is 1.29. The number of rotatable bonds is 10. The maximum absolute atomic E-state index is 11.8. The first kappa shape index (κ1) is 18.6. The number of halogens is 4. The quantitative estimate of drug-likeness (QED) is 0.407. The summed E-state index contributed by atoms with van der Waals surface area (Å²) in [6.45, 7) is 0.529. The lowest BCUT2D eigenvalue weighted by molar-refractivity contribution is -0.173. The van der Waals surface area contributed by atoms with Gasteiger partial charge in [-0.25, -0.2) is 4.39 Å². The van der Waals surface area contributed by atoms with Crippen molar-refractivity contribution in [1.29, 1.82) is 0 Å². The molecule has 0 aliphatic heterocycles. The highest BCUT2D eigenvalue weighted by atomic mass is 19.4. The summed E-state index contributed by atoms with van der Waals surface area (Å²) in [5.74, 6) is -2.57. The molecule has 0 saturated heterocycles. The van der Waals surface area contributed by atoms with Gasteiger partial charge in [-0.3, -0.25) is 9.59 Å². The molecule has 3 N–H and O–H groups in total. The van der Waals surface area contributed by atoms with E-state index in [1.165, 1.54) is 0 Å². The summed E-state index contributed by atoms with van der Waals surface area (Å²) in [6.07, 6.45) is -3.14. The molecule has 0 atom stereocenters. The Kier molecular flexibility index (Phi) is 9.69. The van der Waals surface area contributed by atoms with Crippen LogP contribution in [0.25, 0.3) is 0 Å². The summed E-state index contributed by atoms with van der Waals surface area (Å²) < 4.78 is 47.1. The van der Waals surface area contributed by atoms with Gasteiger partial charge in [0.15, 0.2) is 6.67 Å². The van der Waals surface area contributed by atoms with E-state index in [-0.39, 0.29) is 6.54 Å². The third-order valence-corrected chi connectivity index (χ3v) is 2.30. The lowest BCUT2D eigenvalue weighted by Crippen LogP contribution is -2.37. The summed E-state index contributed by atoms with van der Waals surface area (Å²) in [6, 6.07) is 0.